The normalized spacial score (nSPS) is 13.7. The molecule has 1 unspecified atom stereocenters. The SMILES string of the molecule is CC(N)C(=O)O.C[C@@H](N)C(=O)O. The Balaban J connectivity index is 0. The second kappa shape index (κ2) is 6.56. The van der Waals surface area contributed by atoms with Gasteiger partial charge in [0.05, 0.1) is 0 Å². The molecule has 0 rings (SSSR count). The number of hydrogen-bond donors (Lipinski definition) is 4. The minimum Gasteiger partial charge on any atom is -0.480 e. The maximum absolute atomic E-state index is 9.57. The van der Waals surface area contributed by atoms with E-state index in [1.807, 2.05) is 0 Å². The molecule has 0 aliphatic carbocycles. The summed E-state index contributed by atoms with van der Waals surface area (Å²) >= 11 is 0. The number of nitrogens with two attached hydrogens (primary N) is 2. The molecular weight excluding hydrogens is 164 g/mol. The van der Waals surface area contributed by atoms with Crippen molar-refractivity contribution in [3.8, 4) is 0 Å². The van der Waals surface area contributed by atoms with Crippen LogP contribution in [0.4, 0.5) is 0 Å². The first-order valence-corrected chi connectivity index (χ1v) is 3.25. The Morgan fingerprint density at radius 2 is 1.08 bits per heavy atom. The zero-order valence-corrected chi connectivity index (χ0v) is 7.02. The fourth-order valence-electron chi connectivity index (χ4n) is 0. The first-order valence-electron chi connectivity index (χ1n) is 3.25. The van der Waals surface area contributed by atoms with Crippen molar-refractivity contribution in [2.24, 2.45) is 11.5 Å². The lowest BCUT2D eigenvalue weighted by Crippen LogP contribution is -2.25. The van der Waals surface area contributed by atoms with Gasteiger partial charge in [-0.15, -0.1) is 0 Å². The minimum atomic E-state index is -0.963. The number of carbonyl (C=O) groups is 2. The topological polar surface area (TPSA) is 127 Å². The molecular formula is C6H14N2O4. The standard InChI is InChI=1S/2C3H7NO2/c2*1-2(4)3(5)6/h2*2H,4H2,1H3,(H,5,6)/t2-;/m1./s1. The summed E-state index contributed by atoms with van der Waals surface area (Å²) in [6, 6.07) is -1.46. The van der Waals surface area contributed by atoms with E-state index >= 15 is 0 Å². The van der Waals surface area contributed by atoms with E-state index in [9.17, 15) is 9.59 Å². The Bertz CT molecular complexity index is 138. The molecule has 0 bridgehead atoms. The van der Waals surface area contributed by atoms with E-state index in [2.05, 4.69) is 0 Å². The van der Waals surface area contributed by atoms with Gasteiger partial charge in [-0.25, -0.2) is 0 Å². The molecule has 0 aromatic heterocycles. The van der Waals surface area contributed by atoms with Crippen LogP contribution in [0.15, 0.2) is 0 Å². The van der Waals surface area contributed by atoms with Crippen LogP contribution in [-0.4, -0.2) is 34.2 Å². The molecule has 0 heterocycles. The summed E-state index contributed by atoms with van der Waals surface area (Å²) in [6.45, 7) is 2.84. The maximum Gasteiger partial charge on any atom is 0.320 e. The lowest BCUT2D eigenvalue weighted by Gasteiger charge is -1.90. The van der Waals surface area contributed by atoms with Crippen LogP contribution >= 0.6 is 0 Å². The van der Waals surface area contributed by atoms with Gasteiger partial charge in [-0.05, 0) is 13.8 Å². The van der Waals surface area contributed by atoms with Gasteiger partial charge in [-0.2, -0.15) is 0 Å². The van der Waals surface area contributed by atoms with E-state index in [0.717, 1.165) is 0 Å². The molecule has 0 aliphatic rings. The molecule has 0 amide bonds. The Hall–Kier alpha value is -1.14. The molecule has 0 spiro atoms. The summed E-state index contributed by atoms with van der Waals surface area (Å²) in [6.07, 6.45) is 0. The molecule has 72 valence electrons. The molecule has 0 aromatic rings. The third-order valence-electron chi connectivity index (χ3n) is 0.779. The highest BCUT2D eigenvalue weighted by Crippen LogP contribution is 1.68. The molecule has 2 atom stereocenters. The largest absolute Gasteiger partial charge is 0.480 e. The monoisotopic (exact) mass is 178 g/mol. The molecule has 6 heteroatoms. The van der Waals surface area contributed by atoms with Gasteiger partial charge >= 0.3 is 11.9 Å². The Labute approximate surface area is 70.2 Å². The van der Waals surface area contributed by atoms with Crippen LogP contribution in [0, 0.1) is 0 Å². The quantitative estimate of drug-likeness (QED) is 0.422. The molecule has 0 aliphatic heterocycles. The van der Waals surface area contributed by atoms with E-state index < -0.39 is 24.0 Å². The molecule has 0 saturated carbocycles. The molecule has 0 radical (unpaired) electrons. The summed E-state index contributed by atoms with van der Waals surface area (Å²) in [5.41, 5.74) is 9.67. The second-order valence-corrected chi connectivity index (χ2v) is 2.25. The van der Waals surface area contributed by atoms with E-state index in [1.165, 1.54) is 13.8 Å². The van der Waals surface area contributed by atoms with Crippen molar-refractivity contribution < 1.29 is 19.8 Å². The highest BCUT2D eigenvalue weighted by molar-refractivity contribution is 5.72. The summed E-state index contributed by atoms with van der Waals surface area (Å²) in [5.74, 6) is -1.93. The Morgan fingerprint density at radius 3 is 1.08 bits per heavy atom. The fourth-order valence-corrected chi connectivity index (χ4v) is 0. The molecule has 0 fully saturated rings. The van der Waals surface area contributed by atoms with Gasteiger partial charge in [0.25, 0.3) is 0 Å². The number of hydrogen-bond acceptors (Lipinski definition) is 4. The fraction of sp³-hybridized carbons (Fsp3) is 0.667. The smallest absolute Gasteiger partial charge is 0.320 e. The Kier molecular flexibility index (Phi) is 7.36. The van der Waals surface area contributed by atoms with Gasteiger partial charge in [-0.1, -0.05) is 0 Å². The predicted octanol–water partition coefficient (Wildman–Crippen LogP) is -1.16. The second-order valence-electron chi connectivity index (χ2n) is 2.25. The van der Waals surface area contributed by atoms with E-state index in [1.54, 1.807) is 0 Å². The summed E-state index contributed by atoms with van der Waals surface area (Å²) in [5, 5.41) is 15.7. The summed E-state index contributed by atoms with van der Waals surface area (Å²) in [7, 11) is 0. The van der Waals surface area contributed by atoms with E-state index in [-0.39, 0.29) is 0 Å². The zero-order valence-electron chi connectivity index (χ0n) is 7.02. The van der Waals surface area contributed by atoms with Gasteiger partial charge in [0.2, 0.25) is 0 Å². The molecule has 12 heavy (non-hydrogen) atoms. The van der Waals surface area contributed by atoms with Crippen LogP contribution in [-0.2, 0) is 9.59 Å². The minimum absolute atomic E-state index is 0.731. The van der Waals surface area contributed by atoms with Crippen molar-refractivity contribution >= 4 is 11.9 Å². The molecule has 0 aromatic carbocycles. The lowest BCUT2D eigenvalue weighted by molar-refractivity contribution is -0.139. The predicted molar refractivity (Wildman–Crippen MR) is 42.6 cm³/mol. The molecule has 0 saturated heterocycles. The van der Waals surface area contributed by atoms with Crippen LogP contribution in [0.25, 0.3) is 0 Å². The van der Waals surface area contributed by atoms with Crippen LogP contribution < -0.4 is 11.5 Å². The Morgan fingerprint density at radius 1 is 1.00 bits per heavy atom. The van der Waals surface area contributed by atoms with Crippen molar-refractivity contribution in [2.75, 3.05) is 0 Å². The first-order chi connectivity index (χ1) is 5.29. The van der Waals surface area contributed by atoms with Gasteiger partial charge in [0.15, 0.2) is 0 Å². The van der Waals surface area contributed by atoms with Crippen LogP contribution in [0.3, 0.4) is 0 Å². The zero-order chi connectivity index (χ0) is 10.3. The third kappa shape index (κ3) is 11.6. The first kappa shape index (κ1) is 13.4. The molecule has 6 N–H and O–H groups in total. The summed E-state index contributed by atoms with van der Waals surface area (Å²) in [4.78, 5) is 19.1. The van der Waals surface area contributed by atoms with Crippen LogP contribution in [0.2, 0.25) is 0 Å². The number of aliphatic carboxylic acids is 2. The average molecular weight is 178 g/mol. The highest BCUT2D eigenvalue weighted by Gasteiger charge is 2.00. The summed E-state index contributed by atoms with van der Waals surface area (Å²) < 4.78 is 0. The van der Waals surface area contributed by atoms with Gasteiger partial charge < -0.3 is 21.7 Å². The van der Waals surface area contributed by atoms with Crippen molar-refractivity contribution in [1.29, 1.82) is 0 Å². The number of carboxylic acids is 2. The van der Waals surface area contributed by atoms with Crippen molar-refractivity contribution in [3.05, 3.63) is 0 Å². The average Bonchev–Trinajstić information content (AvgIpc) is 1.88. The van der Waals surface area contributed by atoms with E-state index in [0.29, 0.717) is 0 Å². The molecule has 6 nitrogen and oxygen atoms in total. The van der Waals surface area contributed by atoms with Crippen molar-refractivity contribution in [1.82, 2.24) is 0 Å². The number of rotatable bonds is 2. The van der Waals surface area contributed by atoms with Crippen LogP contribution in [0.5, 0.6) is 0 Å². The van der Waals surface area contributed by atoms with E-state index in [4.69, 9.17) is 21.7 Å². The third-order valence-corrected chi connectivity index (χ3v) is 0.779. The van der Waals surface area contributed by atoms with Crippen molar-refractivity contribution in [3.63, 3.8) is 0 Å². The lowest BCUT2D eigenvalue weighted by atomic mass is 10.4. The van der Waals surface area contributed by atoms with Gasteiger partial charge in [0, 0.05) is 0 Å². The van der Waals surface area contributed by atoms with Gasteiger partial charge in [0.1, 0.15) is 12.1 Å². The number of carboxylic acid groups (broad SMARTS) is 2. The highest BCUT2D eigenvalue weighted by atomic mass is 16.4. The van der Waals surface area contributed by atoms with Crippen LogP contribution in [0.1, 0.15) is 13.8 Å². The van der Waals surface area contributed by atoms with Gasteiger partial charge in [-0.3, -0.25) is 9.59 Å². The maximum atomic E-state index is 9.57. The van der Waals surface area contributed by atoms with Crippen molar-refractivity contribution in [2.45, 2.75) is 25.9 Å².